The van der Waals surface area contributed by atoms with Gasteiger partial charge in [-0.2, -0.15) is 0 Å². The molecule has 0 saturated carbocycles. The predicted octanol–water partition coefficient (Wildman–Crippen LogP) is 4.76. The third-order valence-corrected chi connectivity index (χ3v) is 3.32. The molecule has 0 amide bonds. The van der Waals surface area contributed by atoms with Crippen LogP contribution < -0.4 is 0 Å². The molecule has 2 aromatic rings. The molecule has 94 valence electrons. The van der Waals surface area contributed by atoms with Crippen molar-refractivity contribution in [2.45, 2.75) is 18.2 Å². The van der Waals surface area contributed by atoms with Gasteiger partial charge >= 0.3 is 0 Å². The fourth-order valence-corrected chi connectivity index (χ4v) is 1.96. The average Bonchev–Trinajstić information content (AvgIpc) is 2.38. The summed E-state index contributed by atoms with van der Waals surface area (Å²) in [6.07, 6.45) is 1.23. The predicted molar refractivity (Wildman–Crippen MR) is 71.9 cm³/mol. The van der Waals surface area contributed by atoms with Crippen molar-refractivity contribution in [2.75, 3.05) is 0 Å². The Morgan fingerprint density at radius 2 is 1.78 bits per heavy atom. The number of hydrogen-bond donors (Lipinski definition) is 0. The molecule has 0 aliphatic carbocycles. The van der Waals surface area contributed by atoms with E-state index in [9.17, 15) is 8.78 Å². The maximum atomic E-state index is 13.0. The van der Waals surface area contributed by atoms with E-state index < -0.39 is 5.92 Å². The second-order valence-corrected chi connectivity index (χ2v) is 4.71. The Kier molecular flexibility index (Phi) is 3.76. The summed E-state index contributed by atoms with van der Waals surface area (Å²) in [5, 5.41) is 0.793. The molecule has 1 aromatic heterocycles. The normalized spacial score (nSPS) is 11.6. The maximum absolute atomic E-state index is 13.0. The first-order chi connectivity index (χ1) is 8.50. The lowest BCUT2D eigenvalue weighted by atomic mass is 10.1. The lowest BCUT2D eigenvalue weighted by Crippen LogP contribution is -2.07. The van der Waals surface area contributed by atoms with Gasteiger partial charge in [0.2, 0.25) is 0 Å². The van der Waals surface area contributed by atoms with Gasteiger partial charge in [-0.3, -0.25) is 4.98 Å². The Morgan fingerprint density at radius 1 is 1.11 bits per heavy atom. The molecule has 4 heteroatoms. The summed E-state index contributed by atoms with van der Waals surface area (Å²) in [6.45, 7) is 0.870. The van der Waals surface area contributed by atoms with Gasteiger partial charge in [0.15, 0.2) is 0 Å². The molecule has 0 aliphatic heterocycles. The minimum atomic E-state index is -2.84. The summed E-state index contributed by atoms with van der Waals surface area (Å²) < 4.78 is 26.1. The maximum Gasteiger partial charge on any atom is 0.272 e. The van der Waals surface area contributed by atoms with E-state index in [0.29, 0.717) is 5.69 Å². The zero-order chi connectivity index (χ0) is 13.2. The highest BCUT2D eigenvalue weighted by molar-refractivity contribution is 9.08. The molecule has 0 fully saturated rings. The van der Waals surface area contributed by atoms with Crippen molar-refractivity contribution in [1.82, 2.24) is 4.98 Å². The summed E-state index contributed by atoms with van der Waals surface area (Å²) in [4.78, 5) is 4.08. The van der Waals surface area contributed by atoms with Crippen LogP contribution in [0.1, 0.15) is 18.1 Å². The highest BCUT2D eigenvalue weighted by Crippen LogP contribution is 2.27. The lowest BCUT2D eigenvalue weighted by molar-refractivity contribution is 0.0171. The van der Waals surface area contributed by atoms with Crippen LogP contribution in [0.15, 0.2) is 42.6 Å². The Hall–Kier alpha value is -1.29. The van der Waals surface area contributed by atoms with Crippen molar-refractivity contribution in [3.8, 4) is 11.3 Å². The van der Waals surface area contributed by atoms with Crippen molar-refractivity contribution >= 4 is 15.9 Å². The van der Waals surface area contributed by atoms with Crippen molar-refractivity contribution in [3.63, 3.8) is 0 Å². The van der Waals surface area contributed by atoms with Crippen LogP contribution in [-0.2, 0) is 11.3 Å². The molecular formula is C14H12BrF2N. The number of pyridine rings is 1. The molecule has 0 N–H and O–H groups in total. The van der Waals surface area contributed by atoms with Crippen LogP contribution in [0.3, 0.4) is 0 Å². The zero-order valence-corrected chi connectivity index (χ0v) is 11.4. The van der Waals surface area contributed by atoms with Gasteiger partial charge in [0.05, 0.1) is 5.69 Å². The summed E-state index contributed by atoms with van der Waals surface area (Å²) >= 11 is 3.37. The summed E-state index contributed by atoms with van der Waals surface area (Å²) in [7, 11) is 0. The summed E-state index contributed by atoms with van der Waals surface area (Å²) in [6, 6.07) is 10.9. The number of rotatable bonds is 3. The van der Waals surface area contributed by atoms with Gasteiger partial charge in [0, 0.05) is 29.6 Å². The second kappa shape index (κ2) is 5.14. The van der Waals surface area contributed by atoms with Crippen LogP contribution in [0.25, 0.3) is 11.3 Å². The molecule has 18 heavy (non-hydrogen) atoms. The minimum Gasteiger partial charge on any atom is -0.256 e. The van der Waals surface area contributed by atoms with E-state index in [0.717, 1.165) is 23.4 Å². The first kappa shape index (κ1) is 13.1. The minimum absolute atomic E-state index is 0.0664. The van der Waals surface area contributed by atoms with Crippen molar-refractivity contribution in [2.24, 2.45) is 0 Å². The van der Waals surface area contributed by atoms with Crippen molar-refractivity contribution in [3.05, 3.63) is 53.7 Å². The third-order valence-electron chi connectivity index (χ3n) is 2.67. The summed E-state index contributed by atoms with van der Waals surface area (Å²) in [5.74, 6) is -2.84. The highest BCUT2D eigenvalue weighted by atomic mass is 79.9. The van der Waals surface area contributed by atoms with E-state index >= 15 is 0 Å². The monoisotopic (exact) mass is 311 g/mol. The van der Waals surface area contributed by atoms with Crippen molar-refractivity contribution in [1.29, 1.82) is 0 Å². The van der Waals surface area contributed by atoms with Gasteiger partial charge in [-0.25, -0.2) is 8.78 Å². The van der Waals surface area contributed by atoms with Crippen LogP contribution in [-0.4, -0.2) is 4.98 Å². The van der Waals surface area contributed by atoms with Crippen LogP contribution >= 0.6 is 15.9 Å². The van der Waals surface area contributed by atoms with Crippen LogP contribution in [0.2, 0.25) is 0 Å². The van der Waals surface area contributed by atoms with E-state index in [1.165, 1.54) is 12.3 Å². The lowest BCUT2D eigenvalue weighted by Gasteiger charge is -2.10. The number of benzene rings is 1. The summed E-state index contributed by atoms with van der Waals surface area (Å²) in [5.41, 5.74) is 2.72. The Balaban J connectivity index is 2.28. The Bertz CT molecular complexity index is 515. The van der Waals surface area contributed by atoms with Gasteiger partial charge in [0.25, 0.3) is 5.92 Å². The molecule has 0 unspecified atom stereocenters. The Morgan fingerprint density at radius 3 is 2.22 bits per heavy atom. The van der Waals surface area contributed by atoms with Crippen LogP contribution in [0.5, 0.6) is 0 Å². The molecule has 0 atom stereocenters. The molecule has 0 radical (unpaired) electrons. The SMILES string of the molecule is CC(F)(F)c1ccc(-c2ccc(CBr)cc2)nc1. The first-order valence-electron chi connectivity index (χ1n) is 5.50. The number of nitrogens with zero attached hydrogens (tertiary/aromatic N) is 1. The molecular weight excluding hydrogens is 300 g/mol. The number of alkyl halides is 3. The standard InChI is InChI=1S/C14H12BrF2N/c1-14(16,17)12-6-7-13(18-9-12)11-4-2-10(8-15)3-5-11/h2-7,9H,8H2,1H3. The fraction of sp³-hybridized carbons (Fsp3) is 0.214. The molecule has 1 nitrogen and oxygen atoms in total. The van der Waals surface area contributed by atoms with Crippen LogP contribution in [0, 0.1) is 0 Å². The smallest absolute Gasteiger partial charge is 0.256 e. The van der Waals surface area contributed by atoms with E-state index in [1.807, 2.05) is 24.3 Å². The number of halogens is 3. The molecule has 0 saturated heterocycles. The molecule has 1 heterocycles. The van der Waals surface area contributed by atoms with Gasteiger partial charge < -0.3 is 0 Å². The van der Waals surface area contributed by atoms with Gasteiger partial charge in [-0.15, -0.1) is 0 Å². The highest BCUT2D eigenvalue weighted by Gasteiger charge is 2.24. The van der Waals surface area contributed by atoms with Gasteiger partial charge in [0.1, 0.15) is 0 Å². The second-order valence-electron chi connectivity index (χ2n) is 4.15. The number of aromatic nitrogens is 1. The Labute approximate surface area is 113 Å². The largest absolute Gasteiger partial charge is 0.272 e. The fourth-order valence-electron chi connectivity index (χ4n) is 1.59. The van der Waals surface area contributed by atoms with Crippen LogP contribution in [0.4, 0.5) is 8.78 Å². The molecule has 0 bridgehead atoms. The molecule has 1 aromatic carbocycles. The van der Waals surface area contributed by atoms with E-state index in [2.05, 4.69) is 20.9 Å². The van der Waals surface area contributed by atoms with Crippen molar-refractivity contribution < 1.29 is 8.78 Å². The number of hydrogen-bond acceptors (Lipinski definition) is 1. The first-order valence-corrected chi connectivity index (χ1v) is 6.62. The molecule has 0 aliphatic rings. The quantitative estimate of drug-likeness (QED) is 0.745. The van der Waals surface area contributed by atoms with E-state index in [4.69, 9.17) is 0 Å². The average molecular weight is 312 g/mol. The molecule has 0 spiro atoms. The zero-order valence-electron chi connectivity index (χ0n) is 9.83. The van der Waals surface area contributed by atoms with Gasteiger partial charge in [-0.05, 0) is 17.7 Å². The molecule has 2 rings (SSSR count). The van der Waals surface area contributed by atoms with Gasteiger partial charge in [-0.1, -0.05) is 40.2 Å². The topological polar surface area (TPSA) is 12.9 Å². The third kappa shape index (κ3) is 2.93. The van der Waals surface area contributed by atoms with E-state index in [-0.39, 0.29) is 5.56 Å². The van der Waals surface area contributed by atoms with E-state index in [1.54, 1.807) is 6.07 Å².